The highest BCUT2D eigenvalue weighted by atomic mass is 16.5. The Balaban J connectivity index is 1.66. The van der Waals surface area contributed by atoms with Gasteiger partial charge < -0.3 is 15.4 Å². The minimum absolute atomic E-state index is 0.00117. The zero-order chi connectivity index (χ0) is 19.9. The molecule has 1 fully saturated rings. The second-order valence-corrected chi connectivity index (χ2v) is 6.97. The molecule has 1 unspecified atom stereocenters. The first-order valence-corrected chi connectivity index (χ1v) is 9.61. The molecule has 0 radical (unpaired) electrons. The summed E-state index contributed by atoms with van der Waals surface area (Å²) >= 11 is 0. The van der Waals surface area contributed by atoms with Gasteiger partial charge in [-0.15, -0.1) is 0 Å². The van der Waals surface area contributed by atoms with Gasteiger partial charge in [0.25, 0.3) is 0 Å². The molecule has 1 heterocycles. The number of ketones is 1. The fourth-order valence-corrected chi connectivity index (χ4v) is 3.58. The number of anilines is 1. The fourth-order valence-electron chi connectivity index (χ4n) is 3.58. The maximum Gasteiger partial charge on any atom is 0.319 e. The van der Waals surface area contributed by atoms with E-state index < -0.39 is 0 Å². The molecule has 1 atom stereocenters. The largest absolute Gasteiger partial charge is 0.496 e. The number of hydrogen-bond donors (Lipinski definition) is 2. The number of urea groups is 1. The van der Waals surface area contributed by atoms with Crippen LogP contribution in [0.4, 0.5) is 10.5 Å². The Morgan fingerprint density at radius 2 is 1.75 bits per heavy atom. The van der Waals surface area contributed by atoms with E-state index >= 15 is 0 Å². The van der Waals surface area contributed by atoms with Crippen LogP contribution in [-0.2, 0) is 0 Å². The predicted molar refractivity (Wildman–Crippen MR) is 110 cm³/mol. The topological polar surface area (TPSA) is 70.7 Å². The lowest BCUT2D eigenvalue weighted by molar-refractivity contribution is 0.101. The van der Waals surface area contributed by atoms with Gasteiger partial charge in [0.15, 0.2) is 5.78 Å². The molecule has 2 N–H and O–H groups in total. The summed E-state index contributed by atoms with van der Waals surface area (Å²) < 4.78 is 5.54. The summed E-state index contributed by atoms with van der Waals surface area (Å²) in [5.74, 6) is 0.836. The van der Waals surface area contributed by atoms with Crippen LogP contribution in [0.1, 0.15) is 41.7 Å². The summed E-state index contributed by atoms with van der Waals surface area (Å²) in [6, 6.07) is 14.6. The number of methoxy groups -OCH3 is 1. The van der Waals surface area contributed by atoms with Gasteiger partial charge in [0.1, 0.15) is 5.75 Å². The lowest BCUT2D eigenvalue weighted by Crippen LogP contribution is -2.38. The third-order valence-corrected chi connectivity index (χ3v) is 5.08. The number of amides is 2. The number of hydrogen-bond acceptors (Lipinski definition) is 4. The van der Waals surface area contributed by atoms with Crippen molar-refractivity contribution in [2.75, 3.05) is 32.1 Å². The quantitative estimate of drug-likeness (QED) is 0.715. The molecule has 3 rings (SSSR count). The first-order chi connectivity index (χ1) is 13.6. The normalized spacial score (nSPS) is 15.1. The minimum Gasteiger partial charge on any atom is -0.496 e. The molecular weight excluding hydrogens is 354 g/mol. The van der Waals surface area contributed by atoms with Crippen molar-refractivity contribution in [3.05, 3.63) is 59.7 Å². The monoisotopic (exact) mass is 381 g/mol. The SMILES string of the molecule is COc1ccccc1C(CNC(=O)Nc1ccc(C(C)=O)cc1)N1CCCC1. The summed E-state index contributed by atoms with van der Waals surface area (Å²) in [5, 5.41) is 5.80. The average Bonchev–Trinajstić information content (AvgIpc) is 3.23. The van der Waals surface area contributed by atoms with E-state index in [0.29, 0.717) is 17.8 Å². The van der Waals surface area contributed by atoms with Crippen LogP contribution in [-0.4, -0.2) is 43.5 Å². The summed E-state index contributed by atoms with van der Waals surface area (Å²) in [6.45, 7) is 4.03. The lowest BCUT2D eigenvalue weighted by Gasteiger charge is -2.29. The number of carbonyl (C=O) groups is 2. The Labute approximate surface area is 165 Å². The maximum atomic E-state index is 12.4. The van der Waals surface area contributed by atoms with Crippen LogP contribution in [0, 0.1) is 0 Å². The number of nitrogens with one attached hydrogen (secondary N) is 2. The second-order valence-electron chi connectivity index (χ2n) is 6.97. The first-order valence-electron chi connectivity index (χ1n) is 9.61. The third kappa shape index (κ3) is 4.89. The highest BCUT2D eigenvalue weighted by Gasteiger charge is 2.26. The Morgan fingerprint density at radius 1 is 1.07 bits per heavy atom. The van der Waals surface area contributed by atoms with Gasteiger partial charge in [0.2, 0.25) is 0 Å². The van der Waals surface area contributed by atoms with Crippen molar-refractivity contribution in [1.82, 2.24) is 10.2 Å². The number of likely N-dealkylation sites (tertiary alicyclic amines) is 1. The van der Waals surface area contributed by atoms with Crippen LogP contribution in [0.25, 0.3) is 0 Å². The van der Waals surface area contributed by atoms with Crippen molar-refractivity contribution in [1.29, 1.82) is 0 Å². The summed E-state index contributed by atoms with van der Waals surface area (Å²) in [6.07, 6.45) is 2.33. The molecule has 1 aliphatic heterocycles. The molecule has 1 saturated heterocycles. The Hall–Kier alpha value is -2.86. The van der Waals surface area contributed by atoms with E-state index in [4.69, 9.17) is 4.74 Å². The number of nitrogens with zero attached hydrogens (tertiary/aromatic N) is 1. The number of rotatable bonds is 7. The number of carbonyl (C=O) groups excluding carboxylic acids is 2. The van der Waals surface area contributed by atoms with Gasteiger partial charge in [-0.1, -0.05) is 18.2 Å². The molecular formula is C22H27N3O3. The van der Waals surface area contributed by atoms with Gasteiger partial charge in [-0.05, 0) is 63.2 Å². The molecule has 0 aliphatic carbocycles. The van der Waals surface area contributed by atoms with Crippen LogP contribution < -0.4 is 15.4 Å². The molecule has 6 heteroatoms. The molecule has 148 valence electrons. The van der Waals surface area contributed by atoms with Crippen LogP contribution in [0.15, 0.2) is 48.5 Å². The molecule has 1 aliphatic rings. The molecule has 6 nitrogen and oxygen atoms in total. The van der Waals surface area contributed by atoms with Gasteiger partial charge >= 0.3 is 6.03 Å². The van der Waals surface area contributed by atoms with Crippen LogP contribution in [0.3, 0.4) is 0 Å². The van der Waals surface area contributed by atoms with Crippen LogP contribution in [0.2, 0.25) is 0 Å². The molecule has 2 amide bonds. The van der Waals surface area contributed by atoms with E-state index in [1.807, 2.05) is 18.2 Å². The number of Topliss-reactive ketones (excluding diaryl/α,β-unsaturated/α-hetero) is 1. The zero-order valence-corrected chi connectivity index (χ0v) is 16.4. The average molecular weight is 381 g/mol. The van der Waals surface area contributed by atoms with Gasteiger partial charge in [0.05, 0.1) is 13.2 Å². The smallest absolute Gasteiger partial charge is 0.319 e. The maximum absolute atomic E-state index is 12.4. The number of benzene rings is 2. The number of para-hydroxylation sites is 1. The van der Waals surface area contributed by atoms with E-state index in [1.165, 1.54) is 19.8 Å². The summed E-state index contributed by atoms with van der Waals surface area (Å²) in [7, 11) is 1.67. The van der Waals surface area contributed by atoms with Crippen molar-refractivity contribution >= 4 is 17.5 Å². The van der Waals surface area contributed by atoms with Gasteiger partial charge in [-0.2, -0.15) is 0 Å². The molecule has 2 aromatic rings. The number of ether oxygens (including phenoxy) is 1. The van der Waals surface area contributed by atoms with Crippen molar-refractivity contribution in [3.8, 4) is 5.75 Å². The van der Waals surface area contributed by atoms with Crippen LogP contribution >= 0.6 is 0 Å². The Kier molecular flexibility index (Phi) is 6.66. The van der Waals surface area contributed by atoms with E-state index in [-0.39, 0.29) is 17.9 Å². The Morgan fingerprint density at radius 3 is 2.39 bits per heavy atom. The lowest BCUT2D eigenvalue weighted by atomic mass is 10.0. The Bertz CT molecular complexity index is 814. The summed E-state index contributed by atoms with van der Waals surface area (Å²) in [4.78, 5) is 26.1. The van der Waals surface area contributed by atoms with Crippen LogP contribution in [0.5, 0.6) is 5.75 Å². The highest BCUT2D eigenvalue weighted by molar-refractivity contribution is 5.95. The summed E-state index contributed by atoms with van der Waals surface area (Å²) in [5.41, 5.74) is 2.35. The van der Waals surface area contributed by atoms with Gasteiger partial charge in [-0.3, -0.25) is 9.69 Å². The van der Waals surface area contributed by atoms with Gasteiger partial charge in [0, 0.05) is 23.4 Å². The van der Waals surface area contributed by atoms with Crippen molar-refractivity contribution in [3.63, 3.8) is 0 Å². The van der Waals surface area contributed by atoms with E-state index in [9.17, 15) is 9.59 Å². The molecule has 0 saturated carbocycles. The highest BCUT2D eigenvalue weighted by Crippen LogP contribution is 2.31. The standard InChI is InChI=1S/C22H27N3O3/c1-16(26)17-9-11-18(12-10-17)24-22(27)23-15-20(25-13-5-6-14-25)19-7-3-4-8-21(19)28-2/h3-4,7-12,20H,5-6,13-15H2,1-2H3,(H2,23,24,27). The molecule has 0 aromatic heterocycles. The predicted octanol–water partition coefficient (Wildman–Crippen LogP) is 3.86. The zero-order valence-electron chi connectivity index (χ0n) is 16.4. The molecule has 2 aromatic carbocycles. The fraction of sp³-hybridized carbons (Fsp3) is 0.364. The van der Waals surface area contributed by atoms with Crippen molar-refractivity contribution in [2.45, 2.75) is 25.8 Å². The molecule has 0 spiro atoms. The molecule has 0 bridgehead atoms. The third-order valence-electron chi connectivity index (χ3n) is 5.08. The van der Waals surface area contributed by atoms with Crippen molar-refractivity contribution in [2.24, 2.45) is 0 Å². The van der Waals surface area contributed by atoms with E-state index in [1.54, 1.807) is 31.4 Å². The van der Waals surface area contributed by atoms with Gasteiger partial charge in [-0.25, -0.2) is 4.79 Å². The van der Waals surface area contributed by atoms with E-state index in [0.717, 1.165) is 24.4 Å². The molecule has 28 heavy (non-hydrogen) atoms. The minimum atomic E-state index is -0.269. The van der Waals surface area contributed by atoms with E-state index in [2.05, 4.69) is 21.6 Å². The van der Waals surface area contributed by atoms with Crippen molar-refractivity contribution < 1.29 is 14.3 Å². The second kappa shape index (κ2) is 9.37. The first kappa shape index (κ1) is 19.9.